The lowest BCUT2D eigenvalue weighted by Gasteiger charge is -2.31. The van der Waals surface area contributed by atoms with Crippen LogP contribution in [0, 0.1) is 5.92 Å². The number of carbonyl (C=O) groups is 2. The van der Waals surface area contributed by atoms with E-state index < -0.39 is 0 Å². The van der Waals surface area contributed by atoms with Gasteiger partial charge in [-0.2, -0.15) is 0 Å². The van der Waals surface area contributed by atoms with Gasteiger partial charge in [-0.05, 0) is 37.1 Å². The third-order valence-electron chi connectivity index (χ3n) is 6.48. The van der Waals surface area contributed by atoms with Gasteiger partial charge in [-0.1, -0.05) is 24.3 Å². The molecule has 1 saturated heterocycles. The Hall–Kier alpha value is -4.14. The smallest absolute Gasteiger partial charge is 0.260 e. The highest BCUT2D eigenvalue weighted by molar-refractivity contribution is 5.83. The van der Waals surface area contributed by atoms with Gasteiger partial charge in [-0.25, -0.2) is 9.38 Å². The number of ether oxygens (including phenoxy) is 1. The highest BCUT2D eigenvalue weighted by Crippen LogP contribution is 2.30. The number of piperidine rings is 1. The molecular formula is C25H25N5O4. The minimum atomic E-state index is -0.322. The molecule has 0 bridgehead atoms. The summed E-state index contributed by atoms with van der Waals surface area (Å²) in [6.07, 6.45) is 1.10. The zero-order valence-corrected chi connectivity index (χ0v) is 18.8. The molecule has 2 aromatic carbocycles. The van der Waals surface area contributed by atoms with E-state index in [0.717, 1.165) is 0 Å². The molecule has 1 aliphatic heterocycles. The summed E-state index contributed by atoms with van der Waals surface area (Å²) >= 11 is 0. The van der Waals surface area contributed by atoms with E-state index in [-0.39, 0.29) is 29.8 Å². The maximum Gasteiger partial charge on any atom is 0.260 e. The number of nitrogens with two attached hydrogens (primary N) is 1. The molecule has 0 saturated carbocycles. The number of aromatic nitrogens is 3. The first kappa shape index (κ1) is 21.7. The first-order valence-electron chi connectivity index (χ1n) is 11.2. The van der Waals surface area contributed by atoms with Crippen LogP contribution in [-0.2, 0) is 16.1 Å². The van der Waals surface area contributed by atoms with Gasteiger partial charge in [0.05, 0.1) is 23.8 Å². The van der Waals surface area contributed by atoms with E-state index in [1.165, 1.54) is 10.5 Å². The van der Waals surface area contributed by atoms with Gasteiger partial charge in [0.15, 0.2) is 0 Å². The van der Waals surface area contributed by atoms with E-state index in [0.29, 0.717) is 59.7 Å². The summed E-state index contributed by atoms with van der Waals surface area (Å²) in [7, 11) is 1.57. The van der Waals surface area contributed by atoms with Crippen LogP contribution in [0.5, 0.6) is 5.75 Å². The number of rotatable bonds is 5. The number of fused-ring (bicyclic) bond motifs is 3. The van der Waals surface area contributed by atoms with Crippen molar-refractivity contribution in [3.05, 3.63) is 65.0 Å². The second kappa shape index (κ2) is 8.66. The summed E-state index contributed by atoms with van der Waals surface area (Å²) in [4.78, 5) is 44.5. The van der Waals surface area contributed by atoms with Crippen molar-refractivity contribution >= 4 is 28.6 Å². The number of imidazole rings is 1. The number of carbonyl (C=O) groups excluding carboxylic acids is 2. The van der Waals surface area contributed by atoms with Crippen molar-refractivity contribution < 1.29 is 14.3 Å². The third kappa shape index (κ3) is 3.68. The number of likely N-dealkylation sites (tertiary alicyclic amines) is 1. The van der Waals surface area contributed by atoms with Crippen molar-refractivity contribution in [1.82, 2.24) is 18.9 Å². The third-order valence-corrected chi connectivity index (χ3v) is 6.48. The largest absolute Gasteiger partial charge is 0.496 e. The maximum absolute atomic E-state index is 13.4. The molecule has 3 heterocycles. The second-order valence-corrected chi connectivity index (χ2v) is 8.45. The van der Waals surface area contributed by atoms with Gasteiger partial charge in [0.2, 0.25) is 17.6 Å². The lowest BCUT2D eigenvalue weighted by Crippen LogP contribution is -2.43. The summed E-state index contributed by atoms with van der Waals surface area (Å²) in [5.74, 6) is 0.333. The van der Waals surface area contributed by atoms with Crippen LogP contribution in [0.1, 0.15) is 12.8 Å². The van der Waals surface area contributed by atoms with E-state index in [1.54, 1.807) is 16.6 Å². The molecule has 0 atom stereocenters. The van der Waals surface area contributed by atoms with Gasteiger partial charge >= 0.3 is 0 Å². The molecule has 2 aromatic heterocycles. The molecular weight excluding hydrogens is 434 g/mol. The molecule has 34 heavy (non-hydrogen) atoms. The predicted molar refractivity (Wildman–Crippen MR) is 127 cm³/mol. The zero-order valence-electron chi connectivity index (χ0n) is 18.8. The van der Waals surface area contributed by atoms with E-state index in [2.05, 4.69) is 0 Å². The Balaban J connectivity index is 1.64. The highest BCUT2D eigenvalue weighted by atomic mass is 16.5. The number of hydrogen-bond donors (Lipinski definition) is 1. The molecule has 0 unspecified atom stereocenters. The minimum absolute atomic E-state index is 0.0122. The molecule has 9 nitrogen and oxygen atoms in total. The van der Waals surface area contributed by atoms with Gasteiger partial charge in [0.1, 0.15) is 12.3 Å². The second-order valence-electron chi connectivity index (χ2n) is 8.45. The first-order valence-corrected chi connectivity index (χ1v) is 11.2. The lowest BCUT2D eigenvalue weighted by atomic mass is 9.96. The molecule has 0 aliphatic carbocycles. The monoisotopic (exact) mass is 459 g/mol. The summed E-state index contributed by atoms with van der Waals surface area (Å²) in [6.45, 7) is 0.911. The van der Waals surface area contributed by atoms with Gasteiger partial charge in [-0.3, -0.25) is 14.4 Å². The maximum atomic E-state index is 13.4. The van der Waals surface area contributed by atoms with Gasteiger partial charge in [-0.15, -0.1) is 0 Å². The number of para-hydroxylation sites is 3. The van der Waals surface area contributed by atoms with Crippen LogP contribution in [0.3, 0.4) is 0 Å². The average Bonchev–Trinajstić information content (AvgIpc) is 3.26. The molecule has 4 aromatic rings. The summed E-state index contributed by atoms with van der Waals surface area (Å²) in [5.41, 5.74) is 7.78. The molecule has 0 radical (unpaired) electrons. The zero-order chi connectivity index (χ0) is 23.8. The number of amides is 2. The van der Waals surface area contributed by atoms with E-state index in [9.17, 15) is 14.4 Å². The van der Waals surface area contributed by atoms with Gasteiger partial charge in [0.25, 0.3) is 5.56 Å². The summed E-state index contributed by atoms with van der Waals surface area (Å²) in [6, 6.07) is 16.3. The van der Waals surface area contributed by atoms with Crippen LogP contribution in [0.25, 0.3) is 28.1 Å². The van der Waals surface area contributed by atoms with Crippen molar-refractivity contribution in [2.75, 3.05) is 20.2 Å². The molecule has 9 heteroatoms. The molecule has 0 spiro atoms. The molecule has 1 fully saturated rings. The van der Waals surface area contributed by atoms with Gasteiger partial charge < -0.3 is 19.9 Å². The Bertz CT molecular complexity index is 1460. The van der Waals surface area contributed by atoms with E-state index in [4.69, 9.17) is 15.5 Å². The average molecular weight is 460 g/mol. The minimum Gasteiger partial charge on any atom is -0.496 e. The first-order chi connectivity index (χ1) is 16.5. The van der Waals surface area contributed by atoms with Crippen LogP contribution in [0.2, 0.25) is 0 Å². The van der Waals surface area contributed by atoms with Crippen LogP contribution >= 0.6 is 0 Å². The molecule has 5 rings (SSSR count). The van der Waals surface area contributed by atoms with Crippen molar-refractivity contribution in [3.8, 4) is 17.0 Å². The quantitative estimate of drug-likeness (QED) is 0.491. The van der Waals surface area contributed by atoms with E-state index >= 15 is 0 Å². The van der Waals surface area contributed by atoms with Crippen LogP contribution in [0.4, 0.5) is 0 Å². The topological polar surface area (TPSA) is 112 Å². The van der Waals surface area contributed by atoms with Gasteiger partial charge in [0, 0.05) is 30.6 Å². The Labute approximate surface area is 195 Å². The fourth-order valence-corrected chi connectivity index (χ4v) is 4.66. The predicted octanol–water partition coefficient (Wildman–Crippen LogP) is 2.05. The lowest BCUT2D eigenvalue weighted by molar-refractivity contribution is -0.135. The normalized spacial score (nSPS) is 14.6. The molecule has 1 aliphatic rings. The Kier molecular flexibility index (Phi) is 5.53. The number of hydrogen-bond acceptors (Lipinski definition) is 5. The van der Waals surface area contributed by atoms with Crippen molar-refractivity contribution in [3.63, 3.8) is 0 Å². The molecule has 2 N–H and O–H groups in total. The Morgan fingerprint density at radius 3 is 2.53 bits per heavy atom. The number of benzene rings is 2. The fourth-order valence-electron chi connectivity index (χ4n) is 4.66. The SMILES string of the molecule is COc1ccccc1-c1cc(=O)n2c3ccccc3nc2n1CC(=O)N1CCC(C(N)=O)CC1. The Morgan fingerprint density at radius 2 is 1.79 bits per heavy atom. The van der Waals surface area contributed by atoms with Crippen molar-refractivity contribution in [2.45, 2.75) is 19.4 Å². The standard InChI is InChI=1S/C25H25N5O4/c1-34-21-9-5-2-6-17(21)20-14-22(31)30-19-8-4-3-7-18(19)27-25(30)29(20)15-23(32)28-12-10-16(11-13-28)24(26)33/h2-9,14,16H,10-13,15H2,1H3,(H2,26,33). The number of nitrogens with zero attached hydrogens (tertiary/aromatic N) is 4. The summed E-state index contributed by atoms with van der Waals surface area (Å²) < 4.78 is 8.83. The van der Waals surface area contributed by atoms with E-state index in [1.807, 2.05) is 48.5 Å². The van der Waals surface area contributed by atoms with Crippen molar-refractivity contribution in [1.29, 1.82) is 0 Å². The Morgan fingerprint density at radius 1 is 1.09 bits per heavy atom. The fraction of sp³-hybridized carbons (Fsp3) is 0.280. The van der Waals surface area contributed by atoms with Crippen LogP contribution < -0.4 is 16.0 Å². The number of methoxy groups -OCH3 is 1. The number of primary amides is 1. The van der Waals surface area contributed by atoms with Crippen molar-refractivity contribution in [2.24, 2.45) is 11.7 Å². The highest BCUT2D eigenvalue weighted by Gasteiger charge is 2.27. The van der Waals surface area contributed by atoms with Crippen LogP contribution in [0.15, 0.2) is 59.4 Å². The van der Waals surface area contributed by atoms with Crippen LogP contribution in [-0.4, -0.2) is 50.9 Å². The summed E-state index contributed by atoms with van der Waals surface area (Å²) in [5, 5.41) is 0. The molecule has 2 amide bonds. The molecule has 174 valence electrons.